The number of carbonyl (C=O) groups is 6. The molecule has 1 aliphatic carbocycles. The Morgan fingerprint density at radius 3 is 2.24 bits per heavy atom. The lowest BCUT2D eigenvalue weighted by molar-refractivity contribution is -0.144. The first-order valence-corrected chi connectivity index (χ1v) is 34.8. The van der Waals surface area contributed by atoms with E-state index in [9.17, 15) is 38.3 Å². The molecule has 1 unspecified atom stereocenters. The zero-order chi connectivity index (χ0) is 68.3. The van der Waals surface area contributed by atoms with Crippen molar-refractivity contribution < 1.29 is 56.5 Å². The van der Waals surface area contributed by atoms with Crippen LogP contribution in [0, 0.1) is 35.3 Å². The minimum Gasteiger partial charge on any atom is -0.483 e. The number of carbonyl (C=O) groups excluding carboxylic acids is 6. The Labute approximate surface area is 564 Å². The highest BCUT2D eigenvalue weighted by molar-refractivity contribution is 7.13. The van der Waals surface area contributed by atoms with Gasteiger partial charge in [0.2, 0.25) is 23.6 Å². The van der Waals surface area contributed by atoms with Crippen LogP contribution in [0.25, 0.3) is 10.4 Å². The van der Waals surface area contributed by atoms with Crippen molar-refractivity contribution in [3.05, 3.63) is 76.7 Å². The summed E-state index contributed by atoms with van der Waals surface area (Å²) in [6, 6.07) is 7.72. The van der Waals surface area contributed by atoms with Gasteiger partial charge in [0.25, 0.3) is 11.8 Å². The summed E-state index contributed by atoms with van der Waals surface area (Å²) >= 11 is 1.46. The molecule has 4 aromatic rings. The number of piperazine rings is 2. The lowest BCUT2D eigenvalue weighted by Crippen LogP contribution is -2.66. The van der Waals surface area contributed by atoms with Crippen LogP contribution < -0.4 is 46.4 Å². The number of nitrogens with one attached hydrogen (secondary N) is 6. The normalized spacial score (nSPS) is 20.7. The molecule has 5 saturated heterocycles. The van der Waals surface area contributed by atoms with Crippen molar-refractivity contribution in [2.45, 2.75) is 136 Å². The third-order valence-electron chi connectivity index (χ3n) is 19.4. The number of likely N-dealkylation sites (tertiary alicyclic amines) is 2. The lowest BCUT2D eigenvalue weighted by atomic mass is 9.82. The number of anilines is 3. The fraction of sp³-hybridized carbons (Fsp3) is 0.632. The number of aliphatic hydroxyl groups excluding tert-OH is 1. The van der Waals surface area contributed by atoms with Crippen molar-refractivity contribution >= 4 is 64.1 Å². The predicted octanol–water partition coefficient (Wildman–Crippen LogP) is 4.39. The van der Waals surface area contributed by atoms with Crippen LogP contribution in [-0.2, 0) is 46.6 Å². The van der Waals surface area contributed by atoms with Crippen molar-refractivity contribution in [3.8, 4) is 16.2 Å². The molecular weight excluding hydrogens is 1260 g/mol. The number of thiazole rings is 1. The number of halogens is 3. The molecule has 10 rings (SSSR count). The van der Waals surface area contributed by atoms with Gasteiger partial charge in [0, 0.05) is 128 Å². The van der Waals surface area contributed by atoms with Gasteiger partial charge in [-0.05, 0) is 99.4 Å². The number of aromatic nitrogens is 3. The minimum absolute atomic E-state index is 0.0239. The third-order valence-corrected chi connectivity index (χ3v) is 20.4. The fourth-order valence-corrected chi connectivity index (χ4v) is 14.0. The molecule has 6 fully saturated rings. The number of rotatable bonds is 28. The van der Waals surface area contributed by atoms with Gasteiger partial charge in [0.05, 0.1) is 46.6 Å². The predicted molar refractivity (Wildman–Crippen MR) is 359 cm³/mol. The molecule has 24 nitrogen and oxygen atoms in total. The maximum atomic E-state index is 15.7. The van der Waals surface area contributed by atoms with E-state index in [1.54, 1.807) is 43.3 Å². The van der Waals surface area contributed by atoms with Crippen LogP contribution in [0.1, 0.15) is 103 Å². The van der Waals surface area contributed by atoms with Crippen LogP contribution in [0.4, 0.5) is 30.5 Å². The Bertz CT molecular complexity index is 3360. The molecule has 6 aliphatic rings. The van der Waals surface area contributed by atoms with E-state index in [0.717, 1.165) is 74.1 Å². The summed E-state index contributed by atoms with van der Waals surface area (Å²) in [6.45, 7) is 20.9. The standard InChI is InChI=1S/C68H96F3N15O9S/c1-44-61(96-43-78-44)46-10-11-47(35-75-63(91)53-32-49(87)37-86(53)65(93)62(66(2,3)4)79-64(92)60(71)45-8-9-45)54(31-46)95-40-59(90)74-18-23-81-24-26-82(27-25-81)28-29-94-39-58(89)73-17-7-16-72-55-34-56(77-42-76-55)84-21-14-68(15-22-84)41-85(38-57(88)80-68)52-33-50(69)48(30-51(52)70)36-83-19-12-67(5,6)13-20-83/h10-11,30-31,33-34,42-43,45,49,53,60,62,87H,7-9,12-29,32,35-41H2,1-6H3,(H,73,89)(H,74,90)(H,75,91)(H,79,92)(H,80,88)(H,72,76,77)/t49-,53+,60?,62-/m1/s1. The quantitative estimate of drug-likeness (QED) is 0.0389. The van der Waals surface area contributed by atoms with Crippen molar-refractivity contribution in [2.75, 3.05) is 140 Å². The van der Waals surface area contributed by atoms with Gasteiger partial charge >= 0.3 is 0 Å². The molecule has 1 spiro atoms. The monoisotopic (exact) mass is 1360 g/mol. The minimum atomic E-state index is -1.73. The topological polar surface area (TPSA) is 271 Å². The van der Waals surface area contributed by atoms with Crippen LogP contribution in [0.5, 0.6) is 5.75 Å². The number of hydrogen-bond donors (Lipinski definition) is 7. The summed E-state index contributed by atoms with van der Waals surface area (Å²) in [7, 11) is 0. The number of hydrogen-bond acceptors (Lipinski definition) is 19. The summed E-state index contributed by atoms with van der Waals surface area (Å²) in [6.07, 6.45) is 3.82. The van der Waals surface area contributed by atoms with E-state index >= 15 is 8.78 Å². The van der Waals surface area contributed by atoms with E-state index in [-0.39, 0.29) is 74.0 Å². The molecule has 0 bridgehead atoms. The van der Waals surface area contributed by atoms with Crippen molar-refractivity contribution in [3.63, 3.8) is 0 Å². The average molecular weight is 1360 g/mol. The molecule has 5 aliphatic heterocycles. The SMILES string of the molecule is Cc1ncsc1-c1ccc(CNC(=O)[C@@H]2C[C@@H](O)CN2C(=O)[C@@H](NC(=O)C(F)C2CC2)C(C)(C)C)c(OCC(=O)NCCN2CCN(CCOCC(=O)NCCCNc3cc(N4CCC5(CC4)CN(c4cc(F)c(CN6CCC(C)(C)CC6)cc4F)CC(=O)N5)ncn3)CC2)c1. The molecule has 7 N–H and O–H groups in total. The van der Waals surface area contributed by atoms with Crippen molar-refractivity contribution in [2.24, 2.45) is 16.7 Å². The highest BCUT2D eigenvalue weighted by Gasteiger charge is 2.47. The number of amides is 6. The van der Waals surface area contributed by atoms with Gasteiger partial charge in [0.15, 0.2) is 12.8 Å². The first-order valence-electron chi connectivity index (χ1n) is 33.9. The Kier molecular flexibility index (Phi) is 23.8. The zero-order valence-corrected chi connectivity index (χ0v) is 57.1. The molecule has 524 valence electrons. The summed E-state index contributed by atoms with van der Waals surface area (Å²) in [5.41, 5.74) is 3.22. The second-order valence-electron chi connectivity index (χ2n) is 28.5. The summed E-state index contributed by atoms with van der Waals surface area (Å²) in [5.74, 6) is -2.31. The summed E-state index contributed by atoms with van der Waals surface area (Å²) < 4.78 is 58.0. The van der Waals surface area contributed by atoms with Crippen LogP contribution in [0.3, 0.4) is 0 Å². The molecule has 6 amide bonds. The third kappa shape index (κ3) is 19.3. The Morgan fingerprint density at radius 2 is 1.53 bits per heavy atom. The van der Waals surface area contributed by atoms with Gasteiger partial charge in [-0.15, -0.1) is 11.3 Å². The smallest absolute Gasteiger partial charge is 0.257 e. The molecule has 7 heterocycles. The fourth-order valence-electron chi connectivity index (χ4n) is 13.2. The van der Waals surface area contributed by atoms with Gasteiger partial charge in [-0.2, -0.15) is 0 Å². The Balaban J connectivity index is 0.584. The average Bonchev–Trinajstić information content (AvgIpc) is 0.910. The molecule has 4 atom stereocenters. The number of β-amino-alcohol motifs (C(OH)–C–C–N with tert-alkyl or cyclic N) is 1. The van der Waals surface area contributed by atoms with Gasteiger partial charge in [-0.3, -0.25) is 43.5 Å². The largest absolute Gasteiger partial charge is 0.483 e. The highest BCUT2D eigenvalue weighted by Crippen LogP contribution is 2.38. The lowest BCUT2D eigenvalue weighted by Gasteiger charge is -2.48. The van der Waals surface area contributed by atoms with Crippen LogP contribution >= 0.6 is 11.3 Å². The van der Waals surface area contributed by atoms with E-state index in [1.807, 2.05) is 19.1 Å². The molecule has 28 heteroatoms. The van der Waals surface area contributed by atoms with E-state index in [2.05, 4.69) is 80.3 Å². The molecule has 0 radical (unpaired) electrons. The molecule has 96 heavy (non-hydrogen) atoms. The number of benzene rings is 2. The first-order chi connectivity index (χ1) is 45.9. The number of aliphatic hydroxyl groups is 1. The number of alkyl halides is 1. The second-order valence-corrected chi connectivity index (χ2v) is 29.4. The van der Waals surface area contributed by atoms with Gasteiger partial charge < -0.3 is 61.2 Å². The van der Waals surface area contributed by atoms with Crippen LogP contribution in [0.15, 0.2) is 48.2 Å². The van der Waals surface area contributed by atoms with Crippen LogP contribution in [0.2, 0.25) is 0 Å². The molecule has 1 saturated carbocycles. The molecule has 2 aromatic carbocycles. The second kappa shape index (κ2) is 32.0. The van der Waals surface area contributed by atoms with Gasteiger partial charge in [-0.1, -0.05) is 46.8 Å². The maximum Gasteiger partial charge on any atom is 0.257 e. The number of piperidine rings is 2. The summed E-state index contributed by atoms with van der Waals surface area (Å²) in [5, 5.41) is 28.6. The zero-order valence-electron chi connectivity index (χ0n) is 56.3. The van der Waals surface area contributed by atoms with Crippen LogP contribution in [-0.4, -0.2) is 230 Å². The molecule has 2 aromatic heterocycles. The number of nitrogens with zero attached hydrogens (tertiary/aromatic N) is 9. The van der Waals surface area contributed by atoms with Gasteiger partial charge in [0.1, 0.15) is 54.0 Å². The van der Waals surface area contributed by atoms with E-state index in [0.29, 0.717) is 120 Å². The van der Waals surface area contributed by atoms with E-state index < -0.39 is 64.7 Å². The summed E-state index contributed by atoms with van der Waals surface area (Å²) in [4.78, 5) is 106. The first kappa shape index (κ1) is 71.5. The van der Waals surface area contributed by atoms with Crippen molar-refractivity contribution in [1.82, 2.24) is 61.1 Å². The van der Waals surface area contributed by atoms with E-state index in [1.165, 1.54) is 34.7 Å². The number of ether oxygens (including phenoxy) is 2. The Morgan fingerprint density at radius 1 is 0.812 bits per heavy atom. The Hall–Kier alpha value is -7.24. The van der Waals surface area contributed by atoms with E-state index in [4.69, 9.17) is 9.47 Å². The maximum absolute atomic E-state index is 15.7. The van der Waals surface area contributed by atoms with Gasteiger partial charge in [-0.25, -0.2) is 28.1 Å². The highest BCUT2D eigenvalue weighted by atomic mass is 32.1. The number of aryl methyl sites for hydroxylation is 1. The van der Waals surface area contributed by atoms with Crippen molar-refractivity contribution in [1.29, 1.82) is 0 Å². The molecular formula is C68H96F3N15O9S.